The molecule has 0 unspecified atom stereocenters. The number of benzene rings is 1. The van der Waals surface area contributed by atoms with Gasteiger partial charge in [-0.3, -0.25) is 4.79 Å². The van der Waals surface area contributed by atoms with E-state index in [1.54, 1.807) is 31.0 Å². The molecule has 0 saturated carbocycles. The summed E-state index contributed by atoms with van der Waals surface area (Å²) >= 11 is 0. The zero-order valence-electron chi connectivity index (χ0n) is 12.9. The van der Waals surface area contributed by atoms with Crippen LogP contribution in [0.4, 0.5) is 4.39 Å². The minimum absolute atomic E-state index is 0.106. The van der Waals surface area contributed by atoms with Gasteiger partial charge in [0.25, 0.3) is 5.91 Å². The molecule has 1 aromatic heterocycles. The maximum Gasteiger partial charge on any atom is 0.270 e. The van der Waals surface area contributed by atoms with E-state index in [0.717, 1.165) is 11.8 Å². The lowest BCUT2D eigenvalue weighted by Gasteiger charge is -2.14. The molecule has 0 aliphatic heterocycles. The molecule has 2 rings (SSSR count). The Morgan fingerprint density at radius 3 is 2.60 bits per heavy atom. The maximum atomic E-state index is 13.9. The second kappa shape index (κ2) is 7.08. The highest BCUT2D eigenvalue weighted by Gasteiger charge is 2.15. The molecule has 0 aliphatic rings. The van der Waals surface area contributed by atoms with Crippen molar-refractivity contribution in [2.75, 3.05) is 13.6 Å². The van der Waals surface area contributed by atoms with E-state index in [2.05, 4.69) is 4.98 Å². The summed E-state index contributed by atoms with van der Waals surface area (Å²) in [6, 6.07) is 5.24. The lowest BCUT2D eigenvalue weighted by Crippen LogP contribution is -2.27. The Morgan fingerprint density at radius 1 is 1.35 bits per heavy atom. The van der Waals surface area contributed by atoms with Crippen molar-refractivity contribution in [3.05, 3.63) is 35.3 Å². The quantitative estimate of drug-likeness (QED) is 0.900. The van der Waals surface area contributed by atoms with Crippen LogP contribution in [0.1, 0.15) is 43.2 Å². The molecule has 20 heavy (non-hydrogen) atoms. The fraction of sp³-hybridized carbons (Fsp3) is 0.438. The number of aromatic amines is 1. The predicted molar refractivity (Wildman–Crippen MR) is 81.6 cm³/mol. The van der Waals surface area contributed by atoms with Crippen LogP contribution in [0.2, 0.25) is 0 Å². The fourth-order valence-corrected chi connectivity index (χ4v) is 2.03. The summed E-state index contributed by atoms with van der Waals surface area (Å²) < 4.78 is 13.9. The van der Waals surface area contributed by atoms with Gasteiger partial charge >= 0.3 is 0 Å². The summed E-state index contributed by atoms with van der Waals surface area (Å²) in [4.78, 5) is 16.6. The van der Waals surface area contributed by atoms with Gasteiger partial charge in [0.15, 0.2) is 0 Å². The summed E-state index contributed by atoms with van der Waals surface area (Å²) in [6.45, 7) is 8.41. The van der Waals surface area contributed by atoms with Gasteiger partial charge in [0.05, 0.1) is 5.52 Å². The molecular weight excluding hydrogens is 255 g/mol. The Hall–Kier alpha value is -1.84. The molecule has 0 spiro atoms. The van der Waals surface area contributed by atoms with Crippen LogP contribution in [-0.2, 0) is 0 Å². The van der Waals surface area contributed by atoms with Gasteiger partial charge in [0, 0.05) is 19.0 Å². The number of carbonyl (C=O) groups is 1. The highest BCUT2D eigenvalue weighted by molar-refractivity contribution is 5.98. The van der Waals surface area contributed by atoms with E-state index in [4.69, 9.17) is 0 Å². The molecule has 110 valence electrons. The van der Waals surface area contributed by atoms with Gasteiger partial charge in [-0.15, -0.1) is 0 Å². The van der Waals surface area contributed by atoms with Crippen molar-refractivity contribution in [2.45, 2.75) is 34.1 Å². The number of hydrogen-bond acceptors (Lipinski definition) is 1. The molecule has 4 heteroatoms. The van der Waals surface area contributed by atoms with E-state index < -0.39 is 0 Å². The first-order chi connectivity index (χ1) is 9.54. The Bertz CT molecular complexity index is 589. The summed E-state index contributed by atoms with van der Waals surface area (Å²) in [6.07, 6.45) is 0.899. The van der Waals surface area contributed by atoms with E-state index in [-0.39, 0.29) is 11.7 Å². The number of halogens is 1. The third kappa shape index (κ3) is 3.18. The summed E-state index contributed by atoms with van der Waals surface area (Å²) in [5.41, 5.74) is 1.42. The van der Waals surface area contributed by atoms with E-state index in [1.165, 1.54) is 0 Å². The molecule has 0 aliphatic carbocycles. The standard InChI is InChI=1S/C14H17FN2O.C2H6/c1-4-7-17(3)14(18)11-8-10-6-5-9(2)12(15)13(10)16-11;1-2/h5-6,8,16H,4,7H2,1-3H3;1-2H3. The number of amides is 1. The molecule has 1 N–H and O–H groups in total. The van der Waals surface area contributed by atoms with Gasteiger partial charge in [-0.2, -0.15) is 0 Å². The van der Waals surface area contributed by atoms with Crippen LogP contribution >= 0.6 is 0 Å². The SMILES string of the molecule is CC.CCCN(C)C(=O)c1cc2ccc(C)c(F)c2[nH]1. The molecule has 0 saturated heterocycles. The van der Waals surface area contributed by atoms with E-state index in [0.29, 0.717) is 23.3 Å². The van der Waals surface area contributed by atoms with Crippen molar-refractivity contribution >= 4 is 16.8 Å². The van der Waals surface area contributed by atoms with Crippen molar-refractivity contribution in [2.24, 2.45) is 0 Å². The zero-order chi connectivity index (χ0) is 15.3. The molecule has 1 amide bonds. The van der Waals surface area contributed by atoms with Gasteiger partial charge in [0.2, 0.25) is 0 Å². The number of aromatic nitrogens is 1. The molecule has 0 radical (unpaired) electrons. The van der Waals surface area contributed by atoms with Crippen molar-refractivity contribution in [3.8, 4) is 0 Å². The number of hydrogen-bond donors (Lipinski definition) is 1. The van der Waals surface area contributed by atoms with Gasteiger partial charge in [-0.25, -0.2) is 4.39 Å². The van der Waals surface area contributed by atoms with Crippen molar-refractivity contribution in [1.29, 1.82) is 0 Å². The third-order valence-electron chi connectivity index (χ3n) is 3.06. The first kappa shape index (κ1) is 16.2. The number of fused-ring (bicyclic) bond motifs is 1. The average molecular weight is 278 g/mol. The Kier molecular flexibility index (Phi) is 5.74. The summed E-state index contributed by atoms with van der Waals surface area (Å²) in [5.74, 6) is -0.394. The molecule has 1 heterocycles. The number of H-pyrrole nitrogens is 1. The number of aryl methyl sites for hydroxylation is 1. The third-order valence-corrected chi connectivity index (χ3v) is 3.06. The minimum atomic E-state index is -0.287. The first-order valence-corrected chi connectivity index (χ1v) is 7.08. The van der Waals surface area contributed by atoms with Gasteiger partial charge in [-0.1, -0.05) is 32.9 Å². The molecule has 1 aromatic carbocycles. The number of nitrogens with one attached hydrogen (secondary N) is 1. The Balaban J connectivity index is 0.000000956. The second-order valence-electron chi connectivity index (χ2n) is 4.57. The van der Waals surface area contributed by atoms with Gasteiger partial charge in [0.1, 0.15) is 11.5 Å². The second-order valence-corrected chi connectivity index (χ2v) is 4.57. The zero-order valence-corrected chi connectivity index (χ0v) is 12.9. The molecule has 0 fully saturated rings. The van der Waals surface area contributed by atoms with Gasteiger partial charge in [-0.05, 0) is 25.0 Å². The van der Waals surface area contributed by atoms with Crippen LogP contribution in [0.5, 0.6) is 0 Å². The van der Waals surface area contributed by atoms with Crippen LogP contribution in [0, 0.1) is 12.7 Å². The number of carbonyl (C=O) groups excluding carboxylic acids is 1. The predicted octanol–water partition coefficient (Wildman–Crippen LogP) is 4.12. The minimum Gasteiger partial charge on any atom is -0.348 e. The van der Waals surface area contributed by atoms with E-state index >= 15 is 0 Å². The van der Waals surface area contributed by atoms with E-state index in [1.807, 2.05) is 26.8 Å². The smallest absolute Gasteiger partial charge is 0.270 e. The number of rotatable bonds is 3. The summed E-state index contributed by atoms with van der Waals surface area (Å²) in [7, 11) is 1.75. The monoisotopic (exact) mass is 278 g/mol. The maximum absolute atomic E-state index is 13.9. The first-order valence-electron chi connectivity index (χ1n) is 7.08. The van der Waals surface area contributed by atoms with Crippen LogP contribution in [0.15, 0.2) is 18.2 Å². The lowest BCUT2D eigenvalue weighted by atomic mass is 10.2. The average Bonchev–Trinajstić information content (AvgIpc) is 2.89. The highest BCUT2D eigenvalue weighted by Crippen LogP contribution is 2.21. The fourth-order valence-electron chi connectivity index (χ4n) is 2.03. The molecule has 2 aromatic rings. The normalized spacial score (nSPS) is 10.1. The van der Waals surface area contributed by atoms with Crippen LogP contribution in [0.25, 0.3) is 10.9 Å². The molecular formula is C16H23FN2O. The Labute approximate surface area is 119 Å². The number of nitrogens with zero attached hydrogens (tertiary/aromatic N) is 1. The van der Waals surface area contributed by atoms with Crippen molar-refractivity contribution in [3.63, 3.8) is 0 Å². The molecule has 0 bridgehead atoms. The van der Waals surface area contributed by atoms with Crippen molar-refractivity contribution in [1.82, 2.24) is 9.88 Å². The van der Waals surface area contributed by atoms with Crippen LogP contribution in [-0.4, -0.2) is 29.4 Å². The molecule has 3 nitrogen and oxygen atoms in total. The summed E-state index contributed by atoms with van der Waals surface area (Å²) in [5, 5.41) is 0.728. The topological polar surface area (TPSA) is 36.1 Å². The molecule has 0 atom stereocenters. The van der Waals surface area contributed by atoms with Gasteiger partial charge < -0.3 is 9.88 Å². The lowest BCUT2D eigenvalue weighted by molar-refractivity contribution is 0.0790. The highest BCUT2D eigenvalue weighted by atomic mass is 19.1. The largest absolute Gasteiger partial charge is 0.348 e. The van der Waals surface area contributed by atoms with Crippen LogP contribution < -0.4 is 0 Å². The van der Waals surface area contributed by atoms with Crippen LogP contribution in [0.3, 0.4) is 0 Å². The van der Waals surface area contributed by atoms with Crippen molar-refractivity contribution < 1.29 is 9.18 Å². The Morgan fingerprint density at radius 2 is 2.00 bits per heavy atom. The van der Waals surface area contributed by atoms with E-state index in [9.17, 15) is 9.18 Å².